The number of nitrogens with zero attached hydrogens (tertiary/aromatic N) is 4. The molecular weight excluding hydrogens is 331 g/mol. The Morgan fingerprint density at radius 2 is 1.70 bits per heavy atom. The fraction of sp³-hybridized carbons (Fsp3) is 0. The summed E-state index contributed by atoms with van der Waals surface area (Å²) in [7, 11) is -4.63. The molecule has 11 heteroatoms. The van der Waals surface area contributed by atoms with Gasteiger partial charge in [-0.1, -0.05) is 6.07 Å². The standard InChI is InChI=1S/C9H4Cl2N4O4S/c10-8-12-7(13-9(11)14-8)4-2-1-3-5(6(4)15-16)20(17,18)19/h1-3H,(H,17,18,19). The lowest BCUT2D eigenvalue weighted by Crippen LogP contribution is -2.00. The SMILES string of the molecule is O=Nc1c(-c2nc(Cl)nc(Cl)n2)cccc1S(=O)(=O)O. The second kappa shape index (κ2) is 5.37. The number of nitroso groups, excluding NO2 is 1. The van der Waals surface area contributed by atoms with Gasteiger partial charge in [-0.2, -0.15) is 23.4 Å². The molecule has 0 bridgehead atoms. The second-order valence-electron chi connectivity index (χ2n) is 3.42. The van der Waals surface area contributed by atoms with Gasteiger partial charge in [-0.3, -0.25) is 4.55 Å². The third kappa shape index (κ3) is 2.90. The monoisotopic (exact) mass is 334 g/mol. The van der Waals surface area contributed by atoms with E-state index in [1.165, 1.54) is 12.1 Å². The quantitative estimate of drug-likeness (QED) is 0.675. The normalized spacial score (nSPS) is 11.3. The lowest BCUT2D eigenvalue weighted by molar-refractivity contribution is 0.483. The van der Waals surface area contributed by atoms with Gasteiger partial charge in [0.15, 0.2) is 5.82 Å². The van der Waals surface area contributed by atoms with Crippen molar-refractivity contribution in [1.29, 1.82) is 0 Å². The Morgan fingerprint density at radius 1 is 1.10 bits per heavy atom. The van der Waals surface area contributed by atoms with Crippen LogP contribution in [0.2, 0.25) is 10.6 Å². The van der Waals surface area contributed by atoms with Crippen LogP contribution < -0.4 is 0 Å². The van der Waals surface area contributed by atoms with Crippen LogP contribution in [0.25, 0.3) is 11.4 Å². The average molecular weight is 335 g/mol. The molecule has 0 aliphatic carbocycles. The maximum Gasteiger partial charge on any atom is 0.296 e. The molecule has 8 nitrogen and oxygen atoms in total. The average Bonchev–Trinajstić information content (AvgIpc) is 2.35. The van der Waals surface area contributed by atoms with E-state index >= 15 is 0 Å². The molecule has 0 amide bonds. The Balaban J connectivity index is 2.78. The summed E-state index contributed by atoms with van der Waals surface area (Å²) in [6.45, 7) is 0. The van der Waals surface area contributed by atoms with E-state index in [-0.39, 0.29) is 22.0 Å². The van der Waals surface area contributed by atoms with Crippen molar-refractivity contribution in [3.63, 3.8) is 0 Å². The molecule has 2 rings (SSSR count). The van der Waals surface area contributed by atoms with Crippen LogP contribution in [-0.2, 0) is 10.1 Å². The van der Waals surface area contributed by atoms with Gasteiger partial charge in [0.1, 0.15) is 10.6 Å². The molecule has 0 aliphatic rings. The van der Waals surface area contributed by atoms with E-state index in [9.17, 15) is 13.3 Å². The zero-order valence-corrected chi connectivity index (χ0v) is 11.7. The number of rotatable bonds is 3. The maximum absolute atomic E-state index is 11.2. The molecule has 0 saturated heterocycles. The molecule has 0 radical (unpaired) electrons. The first-order valence-corrected chi connectivity index (χ1v) is 7.04. The fourth-order valence-electron chi connectivity index (χ4n) is 1.45. The molecule has 1 aromatic heterocycles. The van der Waals surface area contributed by atoms with Crippen LogP contribution in [0.15, 0.2) is 28.3 Å². The number of hydrogen-bond acceptors (Lipinski definition) is 7. The van der Waals surface area contributed by atoms with Crippen LogP contribution >= 0.6 is 23.2 Å². The topological polar surface area (TPSA) is 122 Å². The highest BCUT2D eigenvalue weighted by Gasteiger charge is 2.22. The highest BCUT2D eigenvalue weighted by Crippen LogP contribution is 2.34. The molecule has 1 heterocycles. The van der Waals surface area contributed by atoms with Gasteiger partial charge in [0.05, 0.1) is 5.56 Å². The van der Waals surface area contributed by atoms with Crippen molar-refractivity contribution >= 4 is 39.0 Å². The van der Waals surface area contributed by atoms with Crippen LogP contribution in [0.4, 0.5) is 5.69 Å². The van der Waals surface area contributed by atoms with Crippen LogP contribution in [0.5, 0.6) is 0 Å². The van der Waals surface area contributed by atoms with Gasteiger partial charge in [-0.05, 0) is 40.5 Å². The van der Waals surface area contributed by atoms with Crippen molar-refractivity contribution in [3.05, 3.63) is 33.7 Å². The summed E-state index contributed by atoms with van der Waals surface area (Å²) in [4.78, 5) is 21.2. The minimum atomic E-state index is -4.63. The summed E-state index contributed by atoms with van der Waals surface area (Å²) in [5.41, 5.74) is -0.602. The van der Waals surface area contributed by atoms with Gasteiger partial charge in [-0.25, -0.2) is 0 Å². The van der Waals surface area contributed by atoms with Gasteiger partial charge in [0.2, 0.25) is 10.6 Å². The summed E-state index contributed by atoms with van der Waals surface area (Å²) in [5, 5.41) is 2.11. The Bertz CT molecular complexity index is 776. The van der Waals surface area contributed by atoms with E-state index in [0.29, 0.717) is 0 Å². The Hall–Kier alpha value is -1.68. The van der Waals surface area contributed by atoms with E-state index in [2.05, 4.69) is 20.1 Å². The molecule has 0 unspecified atom stereocenters. The first-order valence-electron chi connectivity index (χ1n) is 4.84. The van der Waals surface area contributed by atoms with Crippen LogP contribution in [0.3, 0.4) is 0 Å². The first kappa shape index (κ1) is 14.7. The van der Waals surface area contributed by atoms with Crippen LogP contribution in [0, 0.1) is 4.91 Å². The molecular formula is C9H4Cl2N4O4S. The summed E-state index contributed by atoms with van der Waals surface area (Å²) in [6.07, 6.45) is 0. The van der Waals surface area contributed by atoms with Gasteiger partial charge >= 0.3 is 0 Å². The van der Waals surface area contributed by atoms with E-state index in [4.69, 9.17) is 27.8 Å². The third-order valence-electron chi connectivity index (χ3n) is 2.19. The largest absolute Gasteiger partial charge is 0.296 e. The molecule has 2 aromatic rings. The summed E-state index contributed by atoms with van der Waals surface area (Å²) >= 11 is 11.2. The third-order valence-corrected chi connectivity index (χ3v) is 3.41. The van der Waals surface area contributed by atoms with E-state index < -0.39 is 20.7 Å². The fourth-order valence-corrected chi connectivity index (χ4v) is 2.46. The number of halogens is 2. The summed E-state index contributed by atoms with van der Waals surface area (Å²) in [5.74, 6) is -0.143. The summed E-state index contributed by atoms with van der Waals surface area (Å²) < 4.78 is 31.4. The smallest absolute Gasteiger partial charge is 0.282 e. The maximum atomic E-state index is 11.2. The number of hydrogen-bond donors (Lipinski definition) is 1. The molecule has 0 spiro atoms. The van der Waals surface area contributed by atoms with Crippen molar-refractivity contribution in [2.24, 2.45) is 5.18 Å². The van der Waals surface area contributed by atoms with Crippen molar-refractivity contribution in [3.8, 4) is 11.4 Å². The molecule has 0 saturated carbocycles. The second-order valence-corrected chi connectivity index (χ2v) is 5.48. The minimum Gasteiger partial charge on any atom is -0.282 e. The number of benzene rings is 1. The lowest BCUT2D eigenvalue weighted by Gasteiger charge is -2.06. The van der Waals surface area contributed by atoms with Gasteiger partial charge < -0.3 is 0 Å². The highest BCUT2D eigenvalue weighted by molar-refractivity contribution is 7.86. The van der Waals surface area contributed by atoms with Crippen LogP contribution in [-0.4, -0.2) is 27.9 Å². The molecule has 1 aromatic carbocycles. The minimum absolute atomic E-state index is 0.0543. The predicted octanol–water partition coefficient (Wildman–Crippen LogP) is 2.49. The predicted molar refractivity (Wildman–Crippen MR) is 70.6 cm³/mol. The molecule has 0 fully saturated rings. The first-order chi connectivity index (χ1) is 9.32. The molecule has 104 valence electrons. The molecule has 1 N–H and O–H groups in total. The van der Waals surface area contributed by atoms with E-state index in [1.807, 2.05) is 0 Å². The Kier molecular flexibility index (Phi) is 3.95. The molecule has 0 atom stereocenters. The van der Waals surface area contributed by atoms with Crippen molar-refractivity contribution in [2.75, 3.05) is 0 Å². The van der Waals surface area contributed by atoms with E-state index in [1.54, 1.807) is 0 Å². The highest BCUT2D eigenvalue weighted by atomic mass is 35.5. The van der Waals surface area contributed by atoms with Crippen molar-refractivity contribution in [1.82, 2.24) is 15.0 Å². The Labute approximate surface area is 122 Å². The van der Waals surface area contributed by atoms with Gasteiger partial charge in [0, 0.05) is 0 Å². The molecule has 0 aliphatic heterocycles. The van der Waals surface area contributed by atoms with Gasteiger partial charge in [0.25, 0.3) is 10.1 Å². The van der Waals surface area contributed by atoms with Crippen molar-refractivity contribution < 1.29 is 13.0 Å². The Morgan fingerprint density at radius 3 is 2.20 bits per heavy atom. The zero-order chi connectivity index (χ0) is 14.9. The van der Waals surface area contributed by atoms with Crippen LogP contribution in [0.1, 0.15) is 0 Å². The summed E-state index contributed by atoms with van der Waals surface area (Å²) in [6, 6.07) is 3.62. The lowest BCUT2D eigenvalue weighted by atomic mass is 10.1. The van der Waals surface area contributed by atoms with Crippen molar-refractivity contribution in [2.45, 2.75) is 4.90 Å². The van der Waals surface area contributed by atoms with E-state index in [0.717, 1.165) is 6.07 Å². The number of aromatic nitrogens is 3. The van der Waals surface area contributed by atoms with Gasteiger partial charge in [-0.15, -0.1) is 4.91 Å². The zero-order valence-electron chi connectivity index (χ0n) is 9.36. The molecule has 20 heavy (non-hydrogen) atoms.